The quantitative estimate of drug-likeness (QED) is 0.542. The van der Waals surface area contributed by atoms with Crippen LogP contribution in [-0.4, -0.2) is 30.6 Å². The van der Waals surface area contributed by atoms with Gasteiger partial charge in [-0.3, -0.25) is 20.2 Å². The predicted molar refractivity (Wildman–Crippen MR) is 100 cm³/mol. The molecule has 26 heavy (non-hydrogen) atoms. The van der Waals surface area contributed by atoms with Crippen LogP contribution in [0.4, 0.5) is 11.4 Å². The minimum atomic E-state index is -0.643. The van der Waals surface area contributed by atoms with Gasteiger partial charge in [-0.1, -0.05) is 41.9 Å². The number of hydrogen-bond donors (Lipinski definition) is 2. The molecule has 0 aliphatic heterocycles. The fourth-order valence-corrected chi connectivity index (χ4v) is 2.68. The Bertz CT molecular complexity index is 770. The van der Waals surface area contributed by atoms with Crippen molar-refractivity contribution in [2.24, 2.45) is 0 Å². The number of ether oxygens (including phenoxy) is 1. The number of carbonyl (C=O) groups excluding carboxylic acids is 1. The molecule has 2 aromatic carbocycles. The Morgan fingerprint density at radius 1 is 1.27 bits per heavy atom. The Morgan fingerprint density at radius 2 is 1.96 bits per heavy atom. The lowest BCUT2D eigenvalue weighted by molar-refractivity contribution is -0.384. The summed E-state index contributed by atoms with van der Waals surface area (Å²) in [5, 5.41) is 16.9. The minimum absolute atomic E-state index is 0.0134. The van der Waals surface area contributed by atoms with Crippen molar-refractivity contribution in [1.29, 1.82) is 0 Å². The first-order chi connectivity index (χ1) is 12.4. The molecule has 8 heteroatoms. The van der Waals surface area contributed by atoms with Gasteiger partial charge in [0.15, 0.2) is 0 Å². The molecule has 0 spiro atoms. The van der Waals surface area contributed by atoms with Crippen molar-refractivity contribution in [3.63, 3.8) is 0 Å². The number of nitro benzene ring substituents is 1. The number of amides is 1. The second-order valence-corrected chi connectivity index (χ2v) is 6.19. The maximum atomic E-state index is 12.8. The Labute approximate surface area is 156 Å². The number of nitro groups is 1. The lowest BCUT2D eigenvalue weighted by Gasteiger charge is -2.23. The normalized spacial score (nSPS) is 13.0. The van der Waals surface area contributed by atoms with Crippen LogP contribution >= 0.6 is 11.6 Å². The van der Waals surface area contributed by atoms with Crippen LogP contribution in [0.5, 0.6) is 0 Å². The average Bonchev–Trinajstić information content (AvgIpc) is 2.62. The molecular formula is C18H20ClN3O4. The number of rotatable bonds is 8. The van der Waals surface area contributed by atoms with Crippen molar-refractivity contribution >= 4 is 28.9 Å². The van der Waals surface area contributed by atoms with E-state index in [1.807, 2.05) is 37.3 Å². The van der Waals surface area contributed by atoms with Gasteiger partial charge in [-0.25, -0.2) is 0 Å². The molecule has 138 valence electrons. The van der Waals surface area contributed by atoms with Crippen molar-refractivity contribution in [3.8, 4) is 0 Å². The summed E-state index contributed by atoms with van der Waals surface area (Å²) in [6, 6.07) is 12.6. The first-order valence-corrected chi connectivity index (χ1v) is 8.35. The number of halogens is 1. The number of hydrogen-bond acceptors (Lipinski definition) is 5. The fraction of sp³-hybridized carbons (Fsp3) is 0.278. The summed E-state index contributed by atoms with van der Waals surface area (Å²) in [4.78, 5) is 23.2. The van der Waals surface area contributed by atoms with Crippen molar-refractivity contribution in [1.82, 2.24) is 5.32 Å². The summed E-state index contributed by atoms with van der Waals surface area (Å²) in [5.74, 6) is -0.337. The number of methoxy groups -OCH3 is 1. The Balaban J connectivity index is 2.23. The van der Waals surface area contributed by atoms with E-state index in [-0.39, 0.29) is 22.7 Å². The SMILES string of the molecule is COC[C@H](C)N[C@H](C(=O)Nc1ccc(Cl)c([N+](=O)[O-])c1)c1ccccc1. The number of nitrogens with one attached hydrogen (secondary N) is 2. The second-order valence-electron chi connectivity index (χ2n) is 5.78. The van der Waals surface area contributed by atoms with Gasteiger partial charge >= 0.3 is 0 Å². The van der Waals surface area contributed by atoms with E-state index >= 15 is 0 Å². The Morgan fingerprint density at radius 3 is 2.58 bits per heavy atom. The van der Waals surface area contributed by atoms with Crippen LogP contribution in [0.1, 0.15) is 18.5 Å². The molecule has 0 saturated carbocycles. The first kappa shape index (κ1) is 19.8. The monoisotopic (exact) mass is 377 g/mol. The van der Waals surface area contributed by atoms with E-state index < -0.39 is 11.0 Å². The topological polar surface area (TPSA) is 93.5 Å². The van der Waals surface area contributed by atoms with Crippen molar-refractivity contribution < 1.29 is 14.5 Å². The minimum Gasteiger partial charge on any atom is -0.383 e. The summed E-state index contributed by atoms with van der Waals surface area (Å²) < 4.78 is 5.11. The highest BCUT2D eigenvalue weighted by atomic mass is 35.5. The lowest BCUT2D eigenvalue weighted by Crippen LogP contribution is -2.40. The lowest BCUT2D eigenvalue weighted by atomic mass is 10.0. The molecule has 0 heterocycles. The zero-order chi connectivity index (χ0) is 19.1. The van der Waals surface area contributed by atoms with Crippen LogP contribution in [0.15, 0.2) is 48.5 Å². The number of carbonyl (C=O) groups is 1. The highest BCUT2D eigenvalue weighted by Gasteiger charge is 2.23. The van der Waals surface area contributed by atoms with E-state index in [1.54, 1.807) is 7.11 Å². The molecule has 0 unspecified atom stereocenters. The first-order valence-electron chi connectivity index (χ1n) is 7.97. The zero-order valence-corrected chi connectivity index (χ0v) is 15.2. The third kappa shape index (κ3) is 5.26. The van der Waals surface area contributed by atoms with E-state index in [2.05, 4.69) is 10.6 Å². The third-order valence-electron chi connectivity index (χ3n) is 3.67. The molecule has 0 aromatic heterocycles. The van der Waals surface area contributed by atoms with Gasteiger partial charge in [-0.05, 0) is 24.6 Å². The Hall–Kier alpha value is -2.48. The number of benzene rings is 2. The molecular weight excluding hydrogens is 358 g/mol. The van der Waals surface area contributed by atoms with Gasteiger partial charge in [-0.15, -0.1) is 0 Å². The molecule has 2 rings (SSSR count). The summed E-state index contributed by atoms with van der Waals surface area (Å²) in [6.45, 7) is 2.34. The molecule has 7 nitrogen and oxygen atoms in total. The van der Waals surface area contributed by atoms with Gasteiger partial charge in [0.25, 0.3) is 5.69 Å². The predicted octanol–water partition coefficient (Wildman–Crippen LogP) is 3.55. The van der Waals surface area contributed by atoms with Crippen LogP contribution in [0.25, 0.3) is 0 Å². The average molecular weight is 378 g/mol. The van der Waals surface area contributed by atoms with E-state index in [9.17, 15) is 14.9 Å². The van der Waals surface area contributed by atoms with Crippen molar-refractivity contribution in [3.05, 3.63) is 69.2 Å². The third-order valence-corrected chi connectivity index (χ3v) is 3.99. The zero-order valence-electron chi connectivity index (χ0n) is 14.4. The van der Waals surface area contributed by atoms with E-state index in [0.29, 0.717) is 12.3 Å². The van der Waals surface area contributed by atoms with Crippen LogP contribution < -0.4 is 10.6 Å². The molecule has 0 bridgehead atoms. The fourth-order valence-electron chi connectivity index (χ4n) is 2.50. The molecule has 0 aliphatic rings. The van der Waals surface area contributed by atoms with Gasteiger partial charge in [-0.2, -0.15) is 0 Å². The molecule has 0 fully saturated rings. The maximum Gasteiger partial charge on any atom is 0.289 e. The van der Waals surface area contributed by atoms with Crippen LogP contribution in [0.2, 0.25) is 5.02 Å². The van der Waals surface area contributed by atoms with Gasteiger partial charge in [0.2, 0.25) is 5.91 Å². The van der Waals surface area contributed by atoms with Gasteiger partial charge in [0.1, 0.15) is 11.1 Å². The summed E-state index contributed by atoms with van der Waals surface area (Å²) in [7, 11) is 1.59. The van der Waals surface area contributed by atoms with Gasteiger partial charge in [0.05, 0.1) is 11.5 Å². The second kappa shape index (κ2) is 9.28. The molecule has 2 atom stereocenters. The largest absolute Gasteiger partial charge is 0.383 e. The van der Waals surface area contributed by atoms with Crippen LogP contribution in [-0.2, 0) is 9.53 Å². The van der Waals surface area contributed by atoms with E-state index in [4.69, 9.17) is 16.3 Å². The molecule has 0 radical (unpaired) electrons. The van der Waals surface area contributed by atoms with Crippen LogP contribution in [0, 0.1) is 10.1 Å². The number of anilines is 1. The maximum absolute atomic E-state index is 12.8. The molecule has 2 N–H and O–H groups in total. The highest BCUT2D eigenvalue weighted by Crippen LogP contribution is 2.28. The standard InChI is InChI=1S/C18H20ClN3O4/c1-12(11-26-2)20-17(13-6-4-3-5-7-13)18(23)21-14-8-9-15(19)16(10-14)22(24)25/h3-10,12,17,20H,11H2,1-2H3,(H,21,23)/t12-,17-/m0/s1. The van der Waals surface area contributed by atoms with Gasteiger partial charge < -0.3 is 10.1 Å². The number of nitrogens with zero attached hydrogens (tertiary/aromatic N) is 1. The summed E-state index contributed by atoms with van der Waals surface area (Å²) >= 11 is 5.81. The summed E-state index contributed by atoms with van der Waals surface area (Å²) in [5.41, 5.74) is 0.811. The van der Waals surface area contributed by atoms with Crippen molar-refractivity contribution in [2.75, 3.05) is 19.0 Å². The molecule has 2 aromatic rings. The van der Waals surface area contributed by atoms with Crippen LogP contribution in [0.3, 0.4) is 0 Å². The Kier molecular flexibility index (Phi) is 7.08. The van der Waals surface area contributed by atoms with Gasteiger partial charge in [0, 0.05) is 24.9 Å². The van der Waals surface area contributed by atoms with Crippen molar-refractivity contribution in [2.45, 2.75) is 19.0 Å². The molecule has 0 aliphatic carbocycles. The highest BCUT2D eigenvalue weighted by molar-refractivity contribution is 6.32. The summed E-state index contributed by atoms with van der Waals surface area (Å²) in [6.07, 6.45) is 0. The smallest absolute Gasteiger partial charge is 0.289 e. The van der Waals surface area contributed by atoms with E-state index in [1.165, 1.54) is 18.2 Å². The van der Waals surface area contributed by atoms with E-state index in [0.717, 1.165) is 5.56 Å². The molecule has 1 amide bonds. The molecule has 0 saturated heterocycles.